The topological polar surface area (TPSA) is 51.8 Å². The number of furan rings is 1. The Morgan fingerprint density at radius 3 is 1.67 bits per heavy atom. The van der Waals surface area contributed by atoms with Crippen LogP contribution >= 0.6 is 0 Å². The Labute approximate surface area is 337 Å². The number of para-hydroxylation sites is 1. The number of hydrogen-bond donors (Lipinski definition) is 0. The van der Waals surface area contributed by atoms with E-state index in [1.807, 2.05) is 36.4 Å². The predicted molar refractivity (Wildman–Crippen MR) is 237 cm³/mol. The summed E-state index contributed by atoms with van der Waals surface area (Å²) in [6, 6.07) is 66.2. The number of hydrogen-bond acceptors (Lipinski definition) is 4. The van der Waals surface area contributed by atoms with Gasteiger partial charge >= 0.3 is 0 Å². The second-order valence-electron chi connectivity index (χ2n) is 15.6. The lowest BCUT2D eigenvalue weighted by Gasteiger charge is -2.22. The SMILES string of the molecule is CC1(C)c2ccccc2-c2cc(-c3cc(-c4ccccc4)cc(-c4nc(-c5ccccc5)nc(-c5ccc6c(c5)oc5ccccc56)n4)c3-c3ccccc3)ccc21. The zero-order valence-electron chi connectivity index (χ0n) is 32.1. The zero-order chi connectivity index (χ0) is 38.8. The molecule has 0 saturated carbocycles. The molecule has 58 heavy (non-hydrogen) atoms. The summed E-state index contributed by atoms with van der Waals surface area (Å²) in [5, 5.41) is 2.14. The molecule has 0 atom stereocenters. The lowest BCUT2D eigenvalue weighted by molar-refractivity contribution is 0.660. The van der Waals surface area contributed by atoms with E-state index in [9.17, 15) is 0 Å². The third-order valence-electron chi connectivity index (χ3n) is 11.7. The van der Waals surface area contributed by atoms with E-state index in [-0.39, 0.29) is 5.41 Å². The fourth-order valence-electron chi connectivity index (χ4n) is 8.85. The summed E-state index contributed by atoms with van der Waals surface area (Å²) in [6.07, 6.45) is 0. The lowest BCUT2D eigenvalue weighted by atomic mass is 9.81. The van der Waals surface area contributed by atoms with Crippen LogP contribution in [0.15, 0.2) is 192 Å². The van der Waals surface area contributed by atoms with Gasteiger partial charge in [-0.2, -0.15) is 0 Å². The standard InChI is InChI=1S/C54H37N3O/c1-54(2)46-24-14-12-22-40(46)44-30-37(27-29-47(44)54)43-31-39(34-16-6-3-7-17-34)32-45(50(43)35-18-8-4-9-19-35)53-56-51(36-20-10-5-11-21-36)55-52(57-53)38-26-28-42-41-23-13-15-25-48(41)58-49(42)33-38/h3-33H,1-2H3. The van der Waals surface area contributed by atoms with E-state index in [4.69, 9.17) is 19.4 Å². The van der Waals surface area contributed by atoms with E-state index >= 15 is 0 Å². The summed E-state index contributed by atoms with van der Waals surface area (Å²) in [7, 11) is 0. The van der Waals surface area contributed by atoms with Crippen molar-refractivity contribution in [1.29, 1.82) is 0 Å². The van der Waals surface area contributed by atoms with Gasteiger partial charge in [0.15, 0.2) is 17.5 Å². The molecule has 0 radical (unpaired) electrons. The first-order valence-electron chi connectivity index (χ1n) is 19.8. The molecule has 0 spiro atoms. The highest BCUT2D eigenvalue weighted by Crippen LogP contribution is 2.51. The van der Waals surface area contributed by atoms with Crippen molar-refractivity contribution in [1.82, 2.24) is 15.0 Å². The molecule has 1 aliphatic rings. The molecule has 0 bridgehead atoms. The molecule has 2 aromatic heterocycles. The average molecular weight is 744 g/mol. The smallest absolute Gasteiger partial charge is 0.164 e. The maximum absolute atomic E-state index is 6.35. The van der Waals surface area contributed by atoms with Crippen LogP contribution in [0.4, 0.5) is 0 Å². The van der Waals surface area contributed by atoms with Crippen LogP contribution in [0, 0.1) is 0 Å². The molecule has 0 amide bonds. The van der Waals surface area contributed by atoms with Crippen molar-refractivity contribution in [3.63, 3.8) is 0 Å². The maximum Gasteiger partial charge on any atom is 0.164 e. The molecule has 1 aliphatic carbocycles. The van der Waals surface area contributed by atoms with Gasteiger partial charge in [-0.3, -0.25) is 0 Å². The fourth-order valence-corrected chi connectivity index (χ4v) is 8.85. The van der Waals surface area contributed by atoms with Crippen LogP contribution < -0.4 is 0 Å². The van der Waals surface area contributed by atoms with Crippen LogP contribution in [0.5, 0.6) is 0 Å². The van der Waals surface area contributed by atoms with E-state index in [2.05, 4.69) is 166 Å². The van der Waals surface area contributed by atoms with Crippen molar-refractivity contribution in [2.24, 2.45) is 0 Å². The van der Waals surface area contributed by atoms with Crippen LogP contribution in [0.2, 0.25) is 0 Å². The van der Waals surface area contributed by atoms with E-state index in [0.29, 0.717) is 17.5 Å². The highest BCUT2D eigenvalue weighted by Gasteiger charge is 2.35. The Bertz CT molecular complexity index is 3180. The monoisotopic (exact) mass is 743 g/mol. The van der Waals surface area contributed by atoms with Crippen LogP contribution in [-0.4, -0.2) is 15.0 Å². The molecule has 4 nitrogen and oxygen atoms in total. The predicted octanol–water partition coefficient (Wildman–Crippen LogP) is 14.1. The number of fused-ring (bicyclic) bond motifs is 6. The maximum atomic E-state index is 6.35. The van der Waals surface area contributed by atoms with Crippen LogP contribution in [-0.2, 0) is 5.41 Å². The Kier molecular flexibility index (Phi) is 7.80. The summed E-state index contributed by atoms with van der Waals surface area (Å²) in [5.41, 5.74) is 16.1. The van der Waals surface area contributed by atoms with Gasteiger partial charge in [0.2, 0.25) is 0 Å². The number of benzene rings is 8. The van der Waals surface area contributed by atoms with Gasteiger partial charge in [-0.05, 0) is 86.5 Å². The molecule has 11 rings (SSSR count). The van der Waals surface area contributed by atoms with E-state index < -0.39 is 0 Å². The molecule has 0 N–H and O–H groups in total. The highest BCUT2D eigenvalue weighted by molar-refractivity contribution is 6.06. The van der Waals surface area contributed by atoms with Crippen LogP contribution in [0.3, 0.4) is 0 Å². The summed E-state index contributed by atoms with van der Waals surface area (Å²) in [5.74, 6) is 1.78. The minimum absolute atomic E-state index is 0.0930. The highest BCUT2D eigenvalue weighted by atomic mass is 16.3. The molecule has 10 aromatic rings. The van der Waals surface area contributed by atoms with Crippen LogP contribution in [0.1, 0.15) is 25.0 Å². The van der Waals surface area contributed by atoms with E-state index in [1.165, 1.54) is 22.3 Å². The van der Waals surface area contributed by atoms with E-state index in [1.54, 1.807) is 0 Å². The lowest BCUT2D eigenvalue weighted by Crippen LogP contribution is -2.14. The minimum atomic E-state index is -0.0930. The molecule has 2 heterocycles. The minimum Gasteiger partial charge on any atom is -0.456 e. The van der Waals surface area contributed by atoms with Crippen molar-refractivity contribution in [2.75, 3.05) is 0 Å². The van der Waals surface area contributed by atoms with Crippen LogP contribution in [0.25, 0.3) is 101 Å². The second kappa shape index (κ2) is 13.4. The first kappa shape index (κ1) is 33.9. The van der Waals surface area contributed by atoms with Crippen molar-refractivity contribution in [3.8, 4) is 78.7 Å². The largest absolute Gasteiger partial charge is 0.456 e. The Balaban J connectivity index is 1.20. The first-order valence-corrected chi connectivity index (χ1v) is 19.8. The van der Waals surface area contributed by atoms with Crippen molar-refractivity contribution >= 4 is 21.9 Å². The summed E-state index contributed by atoms with van der Waals surface area (Å²) in [4.78, 5) is 15.8. The number of nitrogens with zero attached hydrogens (tertiary/aromatic N) is 3. The molecular weight excluding hydrogens is 707 g/mol. The third-order valence-corrected chi connectivity index (χ3v) is 11.7. The number of rotatable bonds is 6. The van der Waals surface area contributed by atoms with Crippen molar-refractivity contribution in [2.45, 2.75) is 19.3 Å². The van der Waals surface area contributed by atoms with Gasteiger partial charge in [-0.1, -0.05) is 166 Å². The van der Waals surface area contributed by atoms with Crippen molar-refractivity contribution < 1.29 is 4.42 Å². The fraction of sp³-hybridized carbons (Fsp3) is 0.0556. The normalized spacial score (nSPS) is 12.8. The molecule has 0 fully saturated rings. The van der Waals surface area contributed by atoms with E-state index in [0.717, 1.165) is 72.0 Å². The van der Waals surface area contributed by atoms with Gasteiger partial charge in [-0.15, -0.1) is 0 Å². The van der Waals surface area contributed by atoms with Gasteiger partial charge in [0.1, 0.15) is 11.2 Å². The Morgan fingerprint density at radius 1 is 0.345 bits per heavy atom. The molecule has 4 heteroatoms. The van der Waals surface area contributed by atoms with Gasteiger partial charge in [0.25, 0.3) is 0 Å². The Morgan fingerprint density at radius 2 is 0.897 bits per heavy atom. The summed E-state index contributed by atoms with van der Waals surface area (Å²) in [6.45, 7) is 4.66. The number of aromatic nitrogens is 3. The van der Waals surface area contributed by atoms with Crippen molar-refractivity contribution in [3.05, 3.63) is 199 Å². The van der Waals surface area contributed by atoms with Gasteiger partial charge in [0, 0.05) is 38.4 Å². The molecule has 8 aromatic carbocycles. The average Bonchev–Trinajstić information content (AvgIpc) is 3.77. The molecule has 0 unspecified atom stereocenters. The first-order chi connectivity index (χ1) is 28.5. The zero-order valence-corrected chi connectivity index (χ0v) is 32.1. The van der Waals surface area contributed by atoms with Gasteiger partial charge in [-0.25, -0.2) is 15.0 Å². The molecular formula is C54H37N3O. The molecule has 0 aliphatic heterocycles. The van der Waals surface area contributed by atoms with Gasteiger partial charge < -0.3 is 4.42 Å². The molecule has 274 valence electrons. The Hall–Kier alpha value is -7.43. The quantitative estimate of drug-likeness (QED) is 0.170. The summed E-state index contributed by atoms with van der Waals surface area (Å²) < 4.78 is 6.35. The van der Waals surface area contributed by atoms with Gasteiger partial charge in [0.05, 0.1) is 0 Å². The third kappa shape index (κ3) is 5.56. The second-order valence-corrected chi connectivity index (χ2v) is 15.6. The molecule has 0 saturated heterocycles. The summed E-state index contributed by atoms with van der Waals surface area (Å²) >= 11 is 0.